The first-order valence-electron chi connectivity index (χ1n) is 19.3. The van der Waals surface area contributed by atoms with Crippen LogP contribution in [0.2, 0.25) is 0 Å². The molecule has 8 rings (SSSR count). The van der Waals surface area contributed by atoms with Crippen molar-refractivity contribution in [1.29, 1.82) is 0 Å². The van der Waals surface area contributed by atoms with Gasteiger partial charge in [-0.2, -0.15) is 0 Å². The molecule has 4 atom stereocenters. The van der Waals surface area contributed by atoms with Gasteiger partial charge in [0.1, 0.15) is 17.7 Å². The lowest BCUT2D eigenvalue weighted by Gasteiger charge is -2.30. The highest BCUT2D eigenvalue weighted by Crippen LogP contribution is 2.58. The number of rotatable bonds is 9. The minimum atomic E-state index is -0.685. The van der Waals surface area contributed by atoms with E-state index in [0.29, 0.717) is 12.5 Å². The van der Waals surface area contributed by atoms with Crippen LogP contribution >= 0.6 is 0 Å². The van der Waals surface area contributed by atoms with Gasteiger partial charge in [0.25, 0.3) is 0 Å². The molecule has 5 heterocycles. The summed E-state index contributed by atoms with van der Waals surface area (Å²) >= 11 is 0. The highest BCUT2D eigenvalue weighted by Gasteiger charge is 2.55. The first kappa shape index (κ1) is 35.8. The molecule has 0 unspecified atom stereocenters. The normalized spacial score (nSPS) is 20.4. The molecule has 3 fully saturated rings. The molecule has 1 saturated carbocycles. The molecule has 2 aliphatic heterocycles. The van der Waals surface area contributed by atoms with Crippen molar-refractivity contribution < 1.29 is 19.1 Å². The second-order valence-electron chi connectivity index (χ2n) is 16.4. The van der Waals surface area contributed by atoms with Crippen molar-refractivity contribution in [2.75, 3.05) is 20.2 Å². The molecular weight excluding hydrogens is 681 g/mol. The highest BCUT2D eigenvalue weighted by molar-refractivity contribution is 5.89. The topological polar surface area (TPSA) is 149 Å². The van der Waals surface area contributed by atoms with Gasteiger partial charge in [0.05, 0.1) is 53.3 Å². The smallest absolute Gasteiger partial charge is 0.407 e. The Morgan fingerprint density at radius 3 is 2.37 bits per heavy atom. The number of hydrogen-bond donors (Lipinski definition) is 3. The van der Waals surface area contributed by atoms with Crippen LogP contribution in [0, 0.1) is 23.2 Å². The van der Waals surface area contributed by atoms with E-state index in [1.165, 1.54) is 7.11 Å². The maximum atomic E-state index is 13.9. The van der Waals surface area contributed by atoms with Gasteiger partial charge in [0.15, 0.2) is 0 Å². The Morgan fingerprint density at radius 1 is 0.852 bits per heavy atom. The third-order valence-corrected chi connectivity index (χ3v) is 12.1. The Bertz CT molecular complexity index is 2240. The molecule has 3 N–H and O–H groups in total. The summed E-state index contributed by atoms with van der Waals surface area (Å²) in [4.78, 5) is 65.0. The van der Waals surface area contributed by atoms with Crippen LogP contribution in [0.15, 0.2) is 54.7 Å². The fraction of sp³-hybridized carbons (Fsp3) is 0.476. The van der Waals surface area contributed by atoms with Gasteiger partial charge in [-0.1, -0.05) is 52.8 Å². The molecule has 3 aliphatic rings. The number of likely N-dealkylation sites (tertiary alicyclic amines) is 2. The lowest BCUT2D eigenvalue weighted by Crippen LogP contribution is -2.51. The number of amides is 3. The van der Waals surface area contributed by atoms with Crippen molar-refractivity contribution in [1.82, 2.24) is 40.0 Å². The number of pyridine rings is 1. The van der Waals surface area contributed by atoms with Crippen molar-refractivity contribution in [3.63, 3.8) is 0 Å². The Labute approximate surface area is 315 Å². The zero-order chi connectivity index (χ0) is 37.9. The molecule has 282 valence electrons. The number of nitrogens with zero attached hydrogens (tertiary/aromatic N) is 5. The van der Waals surface area contributed by atoms with Gasteiger partial charge < -0.3 is 29.8 Å². The summed E-state index contributed by atoms with van der Waals surface area (Å²) in [5, 5.41) is 3.77. The molecule has 0 bridgehead atoms. The fourth-order valence-corrected chi connectivity index (χ4v) is 8.26. The fourth-order valence-electron chi connectivity index (χ4n) is 8.26. The van der Waals surface area contributed by atoms with Crippen molar-refractivity contribution in [3.8, 4) is 22.5 Å². The minimum Gasteiger partial charge on any atom is -0.453 e. The van der Waals surface area contributed by atoms with E-state index in [1.807, 2.05) is 61.0 Å². The number of hydrogen-bond acceptors (Lipinski definition) is 7. The summed E-state index contributed by atoms with van der Waals surface area (Å²) in [6.45, 7) is 11.5. The number of carbonyl (C=O) groups is 3. The number of alkyl carbamates (subject to hydrolysis) is 1. The van der Waals surface area contributed by atoms with Gasteiger partial charge in [0.2, 0.25) is 11.8 Å². The summed E-state index contributed by atoms with van der Waals surface area (Å²) in [6.07, 6.45) is 6.17. The Hall–Kier alpha value is -5.26. The number of H-pyrrole nitrogens is 2. The van der Waals surface area contributed by atoms with Crippen LogP contribution in [0.25, 0.3) is 44.5 Å². The lowest BCUT2D eigenvalue weighted by atomic mass is 9.96. The van der Waals surface area contributed by atoms with Crippen molar-refractivity contribution in [2.45, 2.75) is 84.8 Å². The van der Waals surface area contributed by atoms with E-state index in [9.17, 15) is 14.4 Å². The zero-order valence-electron chi connectivity index (χ0n) is 32.0. The largest absolute Gasteiger partial charge is 0.453 e. The Kier molecular flexibility index (Phi) is 9.18. The van der Waals surface area contributed by atoms with Crippen LogP contribution in [-0.4, -0.2) is 78.9 Å². The number of benzene rings is 2. The second kappa shape index (κ2) is 13.9. The molecule has 12 nitrogen and oxygen atoms in total. The third kappa shape index (κ3) is 6.60. The predicted molar refractivity (Wildman–Crippen MR) is 207 cm³/mol. The van der Waals surface area contributed by atoms with Gasteiger partial charge in [-0.25, -0.2) is 19.7 Å². The maximum absolute atomic E-state index is 13.9. The van der Waals surface area contributed by atoms with Crippen molar-refractivity contribution >= 4 is 39.8 Å². The SMILES string of the molecule is COC(=O)N[C@H](C(=O)N1CC2(CC2)C[C@H]1c1nc2ccc(-c3ccc4cc(-c5cnc([C@@H]6CCCN6C(=O)[C@@H](C)C(C)C)[nH]5)ccc4n3)cc2[nH]1)C(C)C. The number of ether oxygens (including phenoxy) is 1. The molecule has 54 heavy (non-hydrogen) atoms. The minimum absolute atomic E-state index is 0.0198. The van der Waals surface area contributed by atoms with Crippen LogP contribution in [0.3, 0.4) is 0 Å². The molecule has 2 aromatic carbocycles. The Balaban J connectivity index is 1.01. The molecule has 5 aromatic rings. The van der Waals surface area contributed by atoms with Gasteiger partial charge >= 0.3 is 6.09 Å². The van der Waals surface area contributed by atoms with Gasteiger partial charge in [-0.15, -0.1) is 0 Å². The van der Waals surface area contributed by atoms with Crippen LogP contribution in [0.1, 0.15) is 90.5 Å². The third-order valence-electron chi connectivity index (χ3n) is 12.1. The standard InChI is InChI=1S/C42H50N8O4/c1-23(2)25(5)39(51)49-17-7-8-34(49)37-43-21-33(47-37)27-10-13-29-26(18-27)9-12-30(44-29)28-11-14-31-32(19-28)46-38(45-31)35-20-42(15-16-42)22-50(35)40(52)36(24(3)4)48-41(53)54-6/h9-14,18-19,21,23-25,34-36H,7-8,15-17,20,22H2,1-6H3,(H,43,47)(H,45,46)(H,48,53)/t25-,34-,35-,36-/m0/s1. The van der Waals surface area contributed by atoms with Crippen LogP contribution in [-0.2, 0) is 14.3 Å². The molecule has 12 heteroatoms. The average molecular weight is 731 g/mol. The number of imidazole rings is 2. The summed E-state index contributed by atoms with van der Waals surface area (Å²) in [7, 11) is 1.31. The van der Waals surface area contributed by atoms with Crippen LogP contribution < -0.4 is 5.32 Å². The number of aromatic amines is 2. The first-order valence-corrected chi connectivity index (χ1v) is 19.3. The van der Waals surface area contributed by atoms with E-state index in [2.05, 4.69) is 53.4 Å². The van der Waals surface area contributed by atoms with E-state index in [4.69, 9.17) is 19.7 Å². The molecule has 3 aromatic heterocycles. The van der Waals surface area contributed by atoms with Crippen molar-refractivity contribution in [3.05, 3.63) is 66.4 Å². The summed E-state index contributed by atoms with van der Waals surface area (Å²) in [5.74, 6) is 1.87. The second-order valence-corrected chi connectivity index (χ2v) is 16.4. The number of fused-ring (bicyclic) bond motifs is 2. The Morgan fingerprint density at radius 2 is 1.63 bits per heavy atom. The van der Waals surface area contributed by atoms with Gasteiger partial charge in [0, 0.05) is 35.5 Å². The molecule has 1 aliphatic carbocycles. The lowest BCUT2D eigenvalue weighted by molar-refractivity contribution is -0.137. The molecular formula is C42H50N8O4. The quantitative estimate of drug-likeness (QED) is 0.142. The average Bonchev–Trinajstić information content (AvgIpc) is 3.66. The van der Waals surface area contributed by atoms with E-state index in [0.717, 1.165) is 94.7 Å². The number of aromatic nitrogens is 5. The first-order chi connectivity index (χ1) is 25.9. The summed E-state index contributed by atoms with van der Waals surface area (Å²) < 4.78 is 4.82. The van der Waals surface area contributed by atoms with E-state index in [-0.39, 0.29) is 41.1 Å². The van der Waals surface area contributed by atoms with Gasteiger partial charge in [-0.3, -0.25) is 9.59 Å². The molecule has 1 spiro atoms. The zero-order valence-corrected chi connectivity index (χ0v) is 32.0. The number of carbonyl (C=O) groups excluding carboxylic acids is 3. The number of nitrogens with one attached hydrogen (secondary N) is 3. The summed E-state index contributed by atoms with van der Waals surface area (Å²) in [5.41, 5.74) is 6.46. The number of methoxy groups -OCH3 is 1. The van der Waals surface area contributed by atoms with E-state index < -0.39 is 12.1 Å². The van der Waals surface area contributed by atoms with E-state index >= 15 is 0 Å². The van der Waals surface area contributed by atoms with Crippen molar-refractivity contribution in [2.24, 2.45) is 23.2 Å². The molecule has 0 radical (unpaired) electrons. The van der Waals surface area contributed by atoms with Crippen LogP contribution in [0.4, 0.5) is 4.79 Å². The van der Waals surface area contributed by atoms with Gasteiger partial charge in [-0.05, 0) is 79.7 Å². The predicted octanol–water partition coefficient (Wildman–Crippen LogP) is 7.56. The molecule has 3 amide bonds. The highest BCUT2D eigenvalue weighted by atomic mass is 16.5. The monoisotopic (exact) mass is 730 g/mol. The van der Waals surface area contributed by atoms with E-state index in [1.54, 1.807) is 0 Å². The van der Waals surface area contributed by atoms with Crippen LogP contribution in [0.5, 0.6) is 0 Å². The summed E-state index contributed by atoms with van der Waals surface area (Å²) in [6, 6.07) is 15.5. The molecule has 2 saturated heterocycles. The maximum Gasteiger partial charge on any atom is 0.407 e.